The van der Waals surface area contributed by atoms with Crippen LogP contribution in [0.25, 0.3) is 0 Å². The van der Waals surface area contributed by atoms with Gasteiger partial charge in [0.2, 0.25) is 26.0 Å². The number of carbonyl (C=O) groups is 1. The van der Waals surface area contributed by atoms with Crippen LogP contribution in [-0.4, -0.2) is 52.4 Å². The van der Waals surface area contributed by atoms with Crippen molar-refractivity contribution in [3.05, 3.63) is 53.6 Å². The number of carbonyl (C=O) groups excluding carboxylic acids is 1. The number of aryl methyl sites for hydroxylation is 2. The Kier molecular flexibility index (Phi) is 6.97. The molecular weight excluding hydrogens is 450 g/mol. The molecule has 1 heterocycles. The SMILES string of the molecule is Cc1ccc(N(C(C)C(=O)Nc2ccc(S(=O)(=O)N3CCCC3)cc2)S(C)(=O)=O)cc1C. The van der Waals surface area contributed by atoms with Crippen LogP contribution in [0.15, 0.2) is 47.4 Å². The number of sulfonamides is 2. The number of hydrogen-bond acceptors (Lipinski definition) is 5. The molecule has 1 N–H and O–H groups in total. The fraction of sp³-hybridized carbons (Fsp3) is 0.409. The molecule has 0 bridgehead atoms. The number of rotatable bonds is 7. The Balaban J connectivity index is 1.79. The van der Waals surface area contributed by atoms with Crippen molar-refractivity contribution < 1.29 is 21.6 Å². The van der Waals surface area contributed by atoms with Gasteiger partial charge in [0.25, 0.3) is 0 Å². The highest BCUT2D eigenvalue weighted by Crippen LogP contribution is 2.25. The molecule has 3 rings (SSSR count). The van der Waals surface area contributed by atoms with Gasteiger partial charge in [-0.1, -0.05) is 6.07 Å². The maximum Gasteiger partial charge on any atom is 0.247 e. The predicted octanol–water partition coefficient (Wildman–Crippen LogP) is 2.88. The van der Waals surface area contributed by atoms with E-state index in [0.717, 1.165) is 34.5 Å². The van der Waals surface area contributed by atoms with Gasteiger partial charge in [0.15, 0.2) is 0 Å². The number of nitrogens with zero attached hydrogens (tertiary/aromatic N) is 2. The van der Waals surface area contributed by atoms with Gasteiger partial charge >= 0.3 is 0 Å². The summed E-state index contributed by atoms with van der Waals surface area (Å²) in [5.74, 6) is -0.524. The third-order valence-electron chi connectivity index (χ3n) is 5.66. The first-order valence-corrected chi connectivity index (χ1v) is 13.7. The molecule has 32 heavy (non-hydrogen) atoms. The highest BCUT2D eigenvalue weighted by molar-refractivity contribution is 7.92. The first kappa shape index (κ1) is 24.2. The molecular formula is C22H29N3O5S2. The normalized spacial score (nSPS) is 16.0. The fourth-order valence-corrected chi connectivity index (χ4v) is 6.39. The van der Waals surface area contributed by atoms with Gasteiger partial charge in [0.1, 0.15) is 6.04 Å². The lowest BCUT2D eigenvalue weighted by Crippen LogP contribution is -2.45. The second-order valence-corrected chi connectivity index (χ2v) is 11.9. The number of benzene rings is 2. The summed E-state index contributed by atoms with van der Waals surface area (Å²) in [6.07, 6.45) is 2.76. The molecule has 0 radical (unpaired) electrons. The van der Waals surface area contributed by atoms with Crippen molar-refractivity contribution in [2.45, 2.75) is 44.6 Å². The van der Waals surface area contributed by atoms with E-state index in [1.165, 1.54) is 35.5 Å². The zero-order valence-corrected chi connectivity index (χ0v) is 20.3. The predicted molar refractivity (Wildman–Crippen MR) is 126 cm³/mol. The average molecular weight is 480 g/mol. The quantitative estimate of drug-likeness (QED) is 0.658. The first-order chi connectivity index (χ1) is 14.9. The second kappa shape index (κ2) is 9.21. The minimum atomic E-state index is -3.73. The molecule has 0 spiro atoms. The van der Waals surface area contributed by atoms with Gasteiger partial charge in [0, 0.05) is 18.8 Å². The van der Waals surface area contributed by atoms with Crippen molar-refractivity contribution >= 4 is 37.3 Å². The summed E-state index contributed by atoms with van der Waals surface area (Å²) >= 11 is 0. The summed E-state index contributed by atoms with van der Waals surface area (Å²) in [6, 6.07) is 10.1. The topological polar surface area (TPSA) is 104 Å². The van der Waals surface area contributed by atoms with Gasteiger partial charge in [-0.2, -0.15) is 4.31 Å². The monoisotopic (exact) mass is 479 g/mol. The number of nitrogens with one attached hydrogen (secondary N) is 1. The lowest BCUT2D eigenvalue weighted by Gasteiger charge is -2.28. The molecule has 0 aliphatic carbocycles. The van der Waals surface area contributed by atoms with Crippen LogP contribution in [0.2, 0.25) is 0 Å². The maximum atomic E-state index is 12.9. The van der Waals surface area contributed by atoms with E-state index < -0.39 is 32.0 Å². The Hall–Kier alpha value is -2.43. The molecule has 1 aliphatic rings. The largest absolute Gasteiger partial charge is 0.324 e. The molecule has 1 atom stereocenters. The van der Waals surface area contributed by atoms with Crippen LogP contribution in [0.5, 0.6) is 0 Å². The summed E-state index contributed by atoms with van der Waals surface area (Å²) in [7, 11) is -7.28. The van der Waals surface area contributed by atoms with Crippen LogP contribution in [0.1, 0.15) is 30.9 Å². The maximum absolute atomic E-state index is 12.9. The molecule has 1 aliphatic heterocycles. The highest BCUT2D eigenvalue weighted by atomic mass is 32.2. The van der Waals surface area contributed by atoms with Gasteiger partial charge in [-0.05, 0) is 81.1 Å². The van der Waals surface area contributed by atoms with Gasteiger partial charge in [-0.15, -0.1) is 0 Å². The summed E-state index contributed by atoms with van der Waals surface area (Å²) < 4.78 is 52.8. The van der Waals surface area contributed by atoms with Gasteiger partial charge < -0.3 is 5.32 Å². The summed E-state index contributed by atoms with van der Waals surface area (Å²) in [5.41, 5.74) is 2.72. The van der Waals surface area contributed by atoms with E-state index in [-0.39, 0.29) is 4.90 Å². The molecule has 0 aromatic heterocycles. The first-order valence-electron chi connectivity index (χ1n) is 10.4. The third kappa shape index (κ3) is 5.13. The van der Waals surface area contributed by atoms with E-state index >= 15 is 0 Å². The Morgan fingerprint density at radius 1 is 0.969 bits per heavy atom. The smallest absolute Gasteiger partial charge is 0.247 e. The standard InChI is InChI=1S/C22H29N3O5S2/c1-16-7-10-20(15-17(16)2)25(31(4,27)28)18(3)22(26)23-19-8-11-21(12-9-19)32(29,30)24-13-5-6-14-24/h7-12,15,18H,5-6,13-14H2,1-4H3,(H,23,26). The highest BCUT2D eigenvalue weighted by Gasteiger charge is 2.30. The van der Waals surface area contributed by atoms with Crippen molar-refractivity contribution in [1.82, 2.24) is 4.31 Å². The van der Waals surface area contributed by atoms with Crippen LogP contribution in [0, 0.1) is 13.8 Å². The molecule has 10 heteroatoms. The van der Waals surface area contributed by atoms with E-state index in [1.807, 2.05) is 19.9 Å². The van der Waals surface area contributed by atoms with Crippen molar-refractivity contribution in [2.75, 3.05) is 29.0 Å². The van der Waals surface area contributed by atoms with E-state index in [0.29, 0.717) is 24.5 Å². The minimum absolute atomic E-state index is 0.165. The van der Waals surface area contributed by atoms with Crippen molar-refractivity contribution in [3.8, 4) is 0 Å². The van der Waals surface area contributed by atoms with E-state index in [2.05, 4.69) is 5.32 Å². The third-order valence-corrected chi connectivity index (χ3v) is 8.81. The van der Waals surface area contributed by atoms with E-state index in [9.17, 15) is 21.6 Å². The molecule has 1 amide bonds. The van der Waals surface area contributed by atoms with E-state index in [1.54, 1.807) is 12.1 Å². The van der Waals surface area contributed by atoms with Gasteiger partial charge in [-0.3, -0.25) is 9.10 Å². The molecule has 174 valence electrons. The van der Waals surface area contributed by atoms with Crippen LogP contribution in [0.3, 0.4) is 0 Å². The molecule has 1 unspecified atom stereocenters. The Morgan fingerprint density at radius 3 is 2.09 bits per heavy atom. The van der Waals surface area contributed by atoms with Crippen LogP contribution in [-0.2, 0) is 24.8 Å². The minimum Gasteiger partial charge on any atom is -0.324 e. The van der Waals surface area contributed by atoms with E-state index in [4.69, 9.17) is 0 Å². The summed E-state index contributed by atoms with van der Waals surface area (Å²) in [6.45, 7) is 6.34. The second-order valence-electron chi connectivity index (χ2n) is 8.13. The van der Waals surface area contributed by atoms with Crippen molar-refractivity contribution in [2.24, 2.45) is 0 Å². The summed E-state index contributed by atoms with van der Waals surface area (Å²) in [4.78, 5) is 13.0. The summed E-state index contributed by atoms with van der Waals surface area (Å²) in [5, 5.41) is 2.68. The zero-order chi connectivity index (χ0) is 23.7. The average Bonchev–Trinajstić information content (AvgIpc) is 3.26. The molecule has 2 aromatic rings. The lowest BCUT2D eigenvalue weighted by molar-refractivity contribution is -0.116. The number of hydrogen-bond donors (Lipinski definition) is 1. The molecule has 8 nitrogen and oxygen atoms in total. The fourth-order valence-electron chi connectivity index (χ4n) is 3.71. The van der Waals surface area contributed by atoms with Gasteiger partial charge in [-0.25, -0.2) is 16.8 Å². The van der Waals surface area contributed by atoms with Gasteiger partial charge in [0.05, 0.1) is 16.8 Å². The zero-order valence-electron chi connectivity index (χ0n) is 18.7. The number of anilines is 2. The molecule has 2 aromatic carbocycles. The Bertz CT molecular complexity index is 1200. The Labute approximate surface area is 190 Å². The molecule has 1 saturated heterocycles. The van der Waals surface area contributed by atoms with Crippen LogP contribution in [0.4, 0.5) is 11.4 Å². The van der Waals surface area contributed by atoms with Crippen LogP contribution >= 0.6 is 0 Å². The number of amides is 1. The van der Waals surface area contributed by atoms with Crippen LogP contribution < -0.4 is 9.62 Å². The molecule has 0 saturated carbocycles. The van der Waals surface area contributed by atoms with Crippen molar-refractivity contribution in [3.63, 3.8) is 0 Å². The lowest BCUT2D eigenvalue weighted by atomic mass is 10.1. The van der Waals surface area contributed by atoms with Crippen molar-refractivity contribution in [1.29, 1.82) is 0 Å². The Morgan fingerprint density at radius 2 is 1.56 bits per heavy atom. The molecule has 1 fully saturated rings.